The van der Waals surface area contributed by atoms with Crippen molar-refractivity contribution in [3.8, 4) is 11.3 Å². The van der Waals surface area contributed by atoms with Crippen LogP contribution in [-0.2, 0) is 6.18 Å². The largest absolute Gasteiger partial charge is 0.433 e. The van der Waals surface area contributed by atoms with Crippen LogP contribution in [0.4, 0.5) is 13.2 Å². The van der Waals surface area contributed by atoms with Gasteiger partial charge in [0.2, 0.25) is 0 Å². The summed E-state index contributed by atoms with van der Waals surface area (Å²) in [6, 6.07) is 11.0. The first-order valence-corrected chi connectivity index (χ1v) is 10.7. The van der Waals surface area contributed by atoms with Crippen molar-refractivity contribution in [2.45, 2.75) is 24.9 Å². The van der Waals surface area contributed by atoms with E-state index < -0.39 is 23.1 Å². The molecule has 0 bridgehead atoms. The van der Waals surface area contributed by atoms with Gasteiger partial charge in [-0.2, -0.15) is 18.3 Å². The summed E-state index contributed by atoms with van der Waals surface area (Å²) < 4.78 is 38.3. The number of hydrogen-bond donors (Lipinski definition) is 2. The first kappa shape index (κ1) is 23.9. The number of benzene rings is 1. The third-order valence-corrected chi connectivity index (χ3v) is 5.37. The zero-order chi connectivity index (χ0) is 25.2. The number of hydrogen-bond acceptors (Lipinski definition) is 5. The first-order chi connectivity index (χ1) is 16.7. The monoisotopic (exact) mass is 482 g/mol. The smallest absolute Gasteiger partial charge is 0.313 e. The Labute approximate surface area is 196 Å². The molecule has 1 fully saturated rings. The molecule has 1 aliphatic carbocycles. The number of nitrogens with one attached hydrogen (secondary N) is 2. The molecule has 1 aromatic carbocycles. The Bertz CT molecular complexity index is 1580. The molecule has 180 valence electrons. The number of pyridine rings is 1. The van der Waals surface area contributed by atoms with Gasteiger partial charge in [-0.05, 0) is 37.0 Å². The summed E-state index contributed by atoms with van der Waals surface area (Å²) in [5.74, 6) is 0.443. The fourth-order valence-electron chi connectivity index (χ4n) is 3.55. The molecule has 8 nitrogen and oxygen atoms in total. The number of aromatic amines is 2. The Morgan fingerprint density at radius 1 is 1.17 bits per heavy atom. The molecule has 0 saturated heterocycles. The van der Waals surface area contributed by atoms with Crippen molar-refractivity contribution in [2.75, 3.05) is 7.05 Å². The van der Waals surface area contributed by atoms with Gasteiger partial charge in [-0.1, -0.05) is 30.8 Å². The second-order valence-corrected chi connectivity index (χ2v) is 7.81. The van der Waals surface area contributed by atoms with Gasteiger partial charge in [0.25, 0.3) is 5.56 Å². The fourth-order valence-corrected chi connectivity index (χ4v) is 3.55. The van der Waals surface area contributed by atoms with Gasteiger partial charge in [-0.3, -0.25) is 14.8 Å². The lowest BCUT2D eigenvalue weighted by Gasteiger charge is -2.09. The highest BCUT2D eigenvalue weighted by Gasteiger charge is 2.32. The molecule has 3 heterocycles. The molecule has 0 spiro atoms. The number of para-hydroxylation sites is 1. The molecule has 11 heteroatoms. The van der Waals surface area contributed by atoms with Crippen molar-refractivity contribution < 1.29 is 13.2 Å². The zero-order valence-corrected chi connectivity index (χ0v) is 18.6. The van der Waals surface area contributed by atoms with Gasteiger partial charge in [-0.25, -0.2) is 14.5 Å². The highest BCUT2D eigenvalue weighted by Crippen LogP contribution is 2.39. The summed E-state index contributed by atoms with van der Waals surface area (Å²) in [6.45, 7) is 3.73. The summed E-state index contributed by atoms with van der Waals surface area (Å²) >= 11 is 0. The van der Waals surface area contributed by atoms with Crippen molar-refractivity contribution in [3.63, 3.8) is 0 Å². The second kappa shape index (κ2) is 9.53. The van der Waals surface area contributed by atoms with Crippen molar-refractivity contribution in [1.29, 1.82) is 0 Å². The van der Waals surface area contributed by atoms with Crippen LogP contribution in [0, 0.1) is 0 Å². The van der Waals surface area contributed by atoms with Gasteiger partial charge in [0.1, 0.15) is 5.69 Å². The highest BCUT2D eigenvalue weighted by atomic mass is 19.4. The molecule has 35 heavy (non-hydrogen) atoms. The minimum absolute atomic E-state index is 0.315. The average molecular weight is 482 g/mol. The number of aromatic nitrogens is 5. The maximum atomic E-state index is 12.3. The van der Waals surface area contributed by atoms with Crippen molar-refractivity contribution in [2.24, 2.45) is 4.99 Å². The summed E-state index contributed by atoms with van der Waals surface area (Å²) in [5, 5.41) is 5.07. The van der Waals surface area contributed by atoms with Crippen molar-refractivity contribution in [1.82, 2.24) is 24.7 Å². The Balaban J connectivity index is 0.000000179. The topological polar surface area (TPSA) is 109 Å². The Morgan fingerprint density at radius 3 is 2.54 bits per heavy atom. The normalized spacial score (nSPS) is 13.9. The molecule has 0 aliphatic heterocycles. The molecule has 2 N–H and O–H groups in total. The SMILES string of the molecule is C=Cn1nc(-c2c[nH]c(=O)[nH]c2=O)cc(C2CC2)c1=NC.FC(F)(F)c1ccc2ccccc2n1. The number of rotatable bonds is 3. The zero-order valence-electron chi connectivity index (χ0n) is 18.6. The van der Waals surface area contributed by atoms with Crippen LogP contribution in [-0.4, -0.2) is 31.8 Å². The Kier molecular flexibility index (Phi) is 6.50. The van der Waals surface area contributed by atoms with Crippen molar-refractivity contribution >= 4 is 17.1 Å². The maximum absolute atomic E-state index is 12.3. The van der Waals surface area contributed by atoms with Crippen LogP contribution >= 0.6 is 0 Å². The molecule has 0 radical (unpaired) electrons. The summed E-state index contributed by atoms with van der Waals surface area (Å²) in [7, 11) is 1.70. The van der Waals surface area contributed by atoms with Gasteiger partial charge in [0, 0.05) is 30.4 Å². The highest BCUT2D eigenvalue weighted by molar-refractivity contribution is 5.78. The minimum Gasteiger partial charge on any atom is -0.313 e. The molecule has 0 unspecified atom stereocenters. The van der Waals surface area contributed by atoms with E-state index in [2.05, 4.69) is 31.6 Å². The quantitative estimate of drug-likeness (QED) is 0.464. The average Bonchev–Trinajstić information content (AvgIpc) is 3.68. The molecule has 1 saturated carbocycles. The predicted molar refractivity (Wildman–Crippen MR) is 125 cm³/mol. The Morgan fingerprint density at radius 2 is 1.91 bits per heavy atom. The molecule has 0 amide bonds. The van der Waals surface area contributed by atoms with Gasteiger partial charge >= 0.3 is 11.9 Å². The van der Waals surface area contributed by atoms with Crippen LogP contribution in [0.15, 0.2) is 69.8 Å². The molecular weight excluding hydrogens is 461 g/mol. The fraction of sp³-hybridized carbons (Fsp3) is 0.208. The van der Waals surface area contributed by atoms with Gasteiger partial charge in [-0.15, -0.1) is 0 Å². The number of nitrogens with zero attached hydrogens (tertiary/aromatic N) is 4. The Hall–Kier alpha value is -4.28. The number of H-pyrrole nitrogens is 2. The summed E-state index contributed by atoms with van der Waals surface area (Å²) in [4.78, 5) is 35.5. The minimum atomic E-state index is -4.37. The lowest BCUT2D eigenvalue weighted by atomic mass is 10.1. The number of alkyl halides is 3. The molecular formula is C24H21F3N6O2. The molecule has 3 aromatic heterocycles. The van der Waals surface area contributed by atoms with Crippen molar-refractivity contribution in [3.05, 3.63) is 92.8 Å². The van der Waals surface area contributed by atoms with E-state index in [4.69, 9.17) is 0 Å². The molecule has 4 aromatic rings. The lowest BCUT2D eigenvalue weighted by Crippen LogP contribution is -2.27. The maximum Gasteiger partial charge on any atom is 0.433 e. The summed E-state index contributed by atoms with van der Waals surface area (Å²) in [6.07, 6.45) is 0.758. The van der Waals surface area contributed by atoms with Crippen LogP contribution in [0.2, 0.25) is 0 Å². The van der Waals surface area contributed by atoms with E-state index in [9.17, 15) is 22.8 Å². The van der Waals surface area contributed by atoms with E-state index in [0.717, 1.165) is 30.0 Å². The van der Waals surface area contributed by atoms with E-state index in [-0.39, 0.29) is 0 Å². The molecule has 0 atom stereocenters. The first-order valence-electron chi connectivity index (χ1n) is 10.7. The number of fused-ring (bicyclic) bond motifs is 1. The molecule has 1 aliphatic rings. The third-order valence-electron chi connectivity index (χ3n) is 5.37. The van der Waals surface area contributed by atoms with E-state index >= 15 is 0 Å². The van der Waals surface area contributed by atoms with Crippen LogP contribution < -0.4 is 16.7 Å². The van der Waals surface area contributed by atoms with Gasteiger partial charge < -0.3 is 4.98 Å². The van der Waals surface area contributed by atoms with E-state index in [0.29, 0.717) is 28.1 Å². The van der Waals surface area contributed by atoms with Crippen LogP contribution in [0.3, 0.4) is 0 Å². The summed E-state index contributed by atoms with van der Waals surface area (Å²) in [5.41, 5.74) is 1.10. The second-order valence-electron chi connectivity index (χ2n) is 7.81. The van der Waals surface area contributed by atoms with E-state index in [1.807, 2.05) is 6.07 Å². The van der Waals surface area contributed by atoms with E-state index in [1.165, 1.54) is 12.3 Å². The van der Waals surface area contributed by atoms with E-state index in [1.54, 1.807) is 42.2 Å². The van der Waals surface area contributed by atoms with Gasteiger partial charge in [0.15, 0.2) is 5.49 Å². The van der Waals surface area contributed by atoms with Gasteiger partial charge in [0.05, 0.1) is 16.8 Å². The standard InChI is InChI=1S/C14H15N5O2.C10H6F3N/c1-3-19-12(15-2)9(8-4-5-8)6-11(18-19)10-7-16-14(21)17-13(10)20;11-10(12,13)9-6-5-7-3-1-2-4-8(7)14-9/h3,6-8H,1,4-5H2,2H3,(H2,16,17,20,21);1-6H. The molecule has 5 rings (SSSR count). The third kappa shape index (κ3) is 5.29. The predicted octanol–water partition coefficient (Wildman–Crippen LogP) is 3.69. The van der Waals surface area contributed by atoms with Crippen LogP contribution in [0.1, 0.15) is 30.0 Å². The number of halogens is 3. The lowest BCUT2D eigenvalue weighted by molar-refractivity contribution is -0.140. The van der Waals surface area contributed by atoms with Crippen LogP contribution in [0.5, 0.6) is 0 Å². The van der Waals surface area contributed by atoms with Crippen LogP contribution in [0.25, 0.3) is 28.4 Å².